The molecule has 1 unspecified atom stereocenters. The van der Waals surface area contributed by atoms with Gasteiger partial charge in [-0.2, -0.15) is 0 Å². The number of aromatic nitrogens is 1. The van der Waals surface area contributed by atoms with Crippen molar-refractivity contribution in [1.82, 2.24) is 9.88 Å². The molecule has 1 atom stereocenters. The van der Waals surface area contributed by atoms with Crippen LogP contribution in [0.15, 0.2) is 47.8 Å². The first-order valence-electron chi connectivity index (χ1n) is 9.01. The zero-order chi connectivity index (χ0) is 19.7. The van der Waals surface area contributed by atoms with E-state index in [4.69, 9.17) is 4.74 Å². The Hall–Kier alpha value is -2.93. The Morgan fingerprint density at radius 1 is 1.29 bits per heavy atom. The summed E-state index contributed by atoms with van der Waals surface area (Å²) in [5.74, 6) is 0.359. The number of halogens is 1. The number of benzene rings is 2. The number of fused-ring (bicyclic) bond motifs is 1. The standard InChI is InChI=1S/C21H20FN3O2S/c1-13-18-11-15(22)4-3-14(18)9-10-25(13)20(26)19-12-28-21(24-19)23-16-5-7-17(27-2)8-6-16/h3-8,11-13H,9-10H2,1-2H3,(H,23,24). The number of hydrogen-bond acceptors (Lipinski definition) is 5. The molecule has 0 saturated heterocycles. The highest BCUT2D eigenvalue weighted by atomic mass is 32.1. The Morgan fingerprint density at radius 3 is 2.82 bits per heavy atom. The van der Waals surface area contributed by atoms with Gasteiger partial charge in [-0.3, -0.25) is 4.79 Å². The summed E-state index contributed by atoms with van der Waals surface area (Å²) in [4.78, 5) is 19.2. The number of nitrogens with zero attached hydrogens (tertiary/aromatic N) is 2. The summed E-state index contributed by atoms with van der Waals surface area (Å²) < 4.78 is 18.8. The fourth-order valence-electron chi connectivity index (χ4n) is 3.44. The number of carbonyl (C=O) groups is 1. The van der Waals surface area contributed by atoms with Crippen molar-refractivity contribution in [3.05, 3.63) is 70.5 Å². The highest BCUT2D eigenvalue weighted by molar-refractivity contribution is 7.14. The number of rotatable bonds is 4. The van der Waals surface area contributed by atoms with E-state index in [-0.39, 0.29) is 17.8 Å². The average molecular weight is 397 g/mol. The predicted octanol–water partition coefficient (Wildman–Crippen LogP) is 4.79. The Kier molecular flexibility index (Phi) is 5.00. The third-order valence-electron chi connectivity index (χ3n) is 4.97. The molecular weight excluding hydrogens is 377 g/mol. The summed E-state index contributed by atoms with van der Waals surface area (Å²) in [5.41, 5.74) is 3.22. The molecule has 1 aliphatic rings. The molecule has 0 radical (unpaired) electrons. The second kappa shape index (κ2) is 7.59. The van der Waals surface area contributed by atoms with E-state index in [2.05, 4.69) is 10.3 Å². The van der Waals surface area contributed by atoms with E-state index in [9.17, 15) is 9.18 Å². The lowest BCUT2D eigenvalue weighted by molar-refractivity contribution is 0.0672. The molecule has 3 aromatic rings. The average Bonchev–Trinajstić information content (AvgIpc) is 3.17. The molecule has 0 bridgehead atoms. The maximum absolute atomic E-state index is 13.6. The van der Waals surface area contributed by atoms with Crippen molar-refractivity contribution in [2.75, 3.05) is 19.0 Å². The minimum atomic E-state index is -0.278. The Balaban J connectivity index is 1.49. The van der Waals surface area contributed by atoms with Crippen LogP contribution in [-0.2, 0) is 6.42 Å². The lowest BCUT2D eigenvalue weighted by Gasteiger charge is -2.34. The Morgan fingerprint density at radius 2 is 2.07 bits per heavy atom. The van der Waals surface area contributed by atoms with Gasteiger partial charge in [0.15, 0.2) is 5.13 Å². The van der Waals surface area contributed by atoms with Crippen LogP contribution in [0.5, 0.6) is 5.75 Å². The van der Waals surface area contributed by atoms with Gasteiger partial charge in [-0.25, -0.2) is 9.37 Å². The van der Waals surface area contributed by atoms with Gasteiger partial charge < -0.3 is 15.0 Å². The van der Waals surface area contributed by atoms with Crippen molar-refractivity contribution in [1.29, 1.82) is 0 Å². The van der Waals surface area contributed by atoms with Gasteiger partial charge in [0.05, 0.1) is 13.2 Å². The Labute approximate surface area is 166 Å². The third-order valence-corrected chi connectivity index (χ3v) is 5.73. The fraction of sp³-hybridized carbons (Fsp3) is 0.238. The first-order chi connectivity index (χ1) is 13.5. The number of methoxy groups -OCH3 is 1. The summed E-state index contributed by atoms with van der Waals surface area (Å²) in [6, 6.07) is 12.1. The second-order valence-corrected chi connectivity index (χ2v) is 7.52. The predicted molar refractivity (Wildman–Crippen MR) is 108 cm³/mol. The molecule has 28 heavy (non-hydrogen) atoms. The van der Waals surface area contributed by atoms with Crippen molar-refractivity contribution in [2.45, 2.75) is 19.4 Å². The van der Waals surface area contributed by atoms with Crippen LogP contribution in [0.25, 0.3) is 0 Å². The lowest BCUT2D eigenvalue weighted by atomic mass is 9.93. The van der Waals surface area contributed by atoms with Gasteiger partial charge in [-0.15, -0.1) is 11.3 Å². The van der Waals surface area contributed by atoms with Crippen LogP contribution in [0, 0.1) is 5.82 Å². The third kappa shape index (κ3) is 3.57. The van der Waals surface area contributed by atoms with Crippen LogP contribution < -0.4 is 10.1 Å². The first kappa shape index (κ1) is 18.4. The first-order valence-corrected chi connectivity index (χ1v) is 9.89. The van der Waals surface area contributed by atoms with Crippen LogP contribution in [-0.4, -0.2) is 29.4 Å². The van der Waals surface area contributed by atoms with Gasteiger partial charge >= 0.3 is 0 Å². The molecule has 0 spiro atoms. The molecule has 2 heterocycles. The van der Waals surface area contributed by atoms with Crippen LogP contribution in [0.4, 0.5) is 15.2 Å². The van der Waals surface area contributed by atoms with Crippen molar-refractivity contribution in [2.24, 2.45) is 0 Å². The molecule has 1 aromatic heterocycles. The van der Waals surface area contributed by atoms with Gasteiger partial charge in [-0.05, 0) is 60.9 Å². The summed E-state index contributed by atoms with van der Waals surface area (Å²) in [5, 5.41) is 5.59. The minimum absolute atomic E-state index is 0.138. The highest BCUT2D eigenvalue weighted by Crippen LogP contribution is 2.32. The van der Waals surface area contributed by atoms with Gasteiger partial charge in [0.25, 0.3) is 5.91 Å². The number of amides is 1. The molecule has 144 valence electrons. The van der Waals surface area contributed by atoms with Gasteiger partial charge in [0.1, 0.15) is 17.3 Å². The van der Waals surface area contributed by atoms with E-state index in [1.54, 1.807) is 17.4 Å². The molecule has 0 saturated carbocycles. The van der Waals surface area contributed by atoms with Crippen LogP contribution in [0.3, 0.4) is 0 Å². The van der Waals surface area contributed by atoms with Crippen LogP contribution >= 0.6 is 11.3 Å². The largest absolute Gasteiger partial charge is 0.497 e. The molecule has 1 amide bonds. The van der Waals surface area contributed by atoms with Gasteiger partial charge in [-0.1, -0.05) is 6.07 Å². The highest BCUT2D eigenvalue weighted by Gasteiger charge is 2.29. The smallest absolute Gasteiger partial charge is 0.273 e. The molecule has 0 aliphatic carbocycles. The number of thiazole rings is 1. The van der Waals surface area contributed by atoms with E-state index in [0.717, 1.165) is 22.6 Å². The molecule has 7 heteroatoms. The second-order valence-electron chi connectivity index (χ2n) is 6.66. The molecule has 4 rings (SSSR count). The number of anilines is 2. The summed E-state index contributed by atoms with van der Waals surface area (Å²) in [6.07, 6.45) is 0.715. The maximum atomic E-state index is 13.6. The van der Waals surface area contributed by atoms with Crippen molar-refractivity contribution in [3.8, 4) is 5.75 Å². The molecular formula is C21H20FN3O2S. The van der Waals surface area contributed by atoms with E-state index < -0.39 is 0 Å². The fourth-order valence-corrected chi connectivity index (χ4v) is 4.14. The normalized spacial score (nSPS) is 15.8. The topological polar surface area (TPSA) is 54.5 Å². The number of ether oxygens (including phenoxy) is 1. The molecule has 0 fully saturated rings. The quantitative estimate of drug-likeness (QED) is 0.687. The van der Waals surface area contributed by atoms with Crippen molar-refractivity contribution in [3.63, 3.8) is 0 Å². The van der Waals surface area contributed by atoms with E-state index >= 15 is 0 Å². The zero-order valence-electron chi connectivity index (χ0n) is 15.6. The van der Waals surface area contributed by atoms with Crippen molar-refractivity contribution < 1.29 is 13.9 Å². The van der Waals surface area contributed by atoms with Gasteiger partial charge in [0.2, 0.25) is 0 Å². The molecule has 1 aliphatic heterocycles. The van der Waals surface area contributed by atoms with Crippen LogP contribution in [0.1, 0.15) is 34.6 Å². The summed E-state index contributed by atoms with van der Waals surface area (Å²) >= 11 is 1.37. The van der Waals surface area contributed by atoms with Crippen LogP contribution in [0.2, 0.25) is 0 Å². The summed E-state index contributed by atoms with van der Waals surface area (Å²) in [6.45, 7) is 2.52. The molecule has 1 N–H and O–H groups in total. The van der Waals surface area contributed by atoms with Crippen molar-refractivity contribution >= 4 is 28.1 Å². The number of carbonyl (C=O) groups excluding carboxylic acids is 1. The maximum Gasteiger partial charge on any atom is 0.273 e. The Bertz CT molecular complexity index is 1000. The number of nitrogens with one attached hydrogen (secondary N) is 1. The van der Waals surface area contributed by atoms with E-state index in [1.165, 1.54) is 23.5 Å². The minimum Gasteiger partial charge on any atom is -0.497 e. The monoisotopic (exact) mass is 397 g/mol. The summed E-state index contributed by atoms with van der Waals surface area (Å²) in [7, 11) is 1.62. The van der Waals surface area contributed by atoms with Gasteiger partial charge in [0, 0.05) is 17.6 Å². The molecule has 5 nitrogen and oxygen atoms in total. The van der Waals surface area contributed by atoms with E-state index in [0.29, 0.717) is 23.8 Å². The van der Waals surface area contributed by atoms with E-state index in [1.807, 2.05) is 37.3 Å². The lowest BCUT2D eigenvalue weighted by Crippen LogP contribution is -2.39. The zero-order valence-corrected chi connectivity index (χ0v) is 16.4. The number of hydrogen-bond donors (Lipinski definition) is 1. The molecule has 2 aromatic carbocycles. The SMILES string of the molecule is COc1ccc(Nc2nc(C(=O)N3CCc4ccc(F)cc4C3C)cs2)cc1.